The number of pyridine rings is 1. The molecular weight excluding hydrogens is 562 g/mol. The highest BCUT2D eigenvalue weighted by Gasteiger charge is 2.46. The normalized spacial score (nSPS) is 19.2. The fourth-order valence-electron chi connectivity index (χ4n) is 4.97. The summed E-state index contributed by atoms with van der Waals surface area (Å²) in [6.07, 6.45) is 6.46. The Balaban J connectivity index is 1.20. The van der Waals surface area contributed by atoms with Crippen LogP contribution in [0.5, 0.6) is 0 Å². The van der Waals surface area contributed by atoms with Gasteiger partial charge in [0.15, 0.2) is 5.65 Å². The number of hydrogen-bond acceptors (Lipinski definition) is 9. The number of anilines is 3. The van der Waals surface area contributed by atoms with Gasteiger partial charge in [-0.2, -0.15) is 0 Å². The highest BCUT2D eigenvalue weighted by Crippen LogP contribution is 2.46. The summed E-state index contributed by atoms with van der Waals surface area (Å²) in [5, 5.41) is 6.00. The Labute approximate surface area is 244 Å². The molecule has 2 fully saturated rings. The van der Waals surface area contributed by atoms with Crippen LogP contribution in [0, 0.1) is 12.8 Å². The van der Waals surface area contributed by atoms with Crippen LogP contribution < -0.4 is 15.5 Å². The maximum Gasteiger partial charge on any atom is 0.331 e. The fraction of sp³-hybridized carbons (Fsp3) is 0.357. The average Bonchev–Trinajstić information content (AvgIpc) is 3.58. The van der Waals surface area contributed by atoms with Crippen LogP contribution in [-0.4, -0.2) is 65.7 Å². The topological polar surface area (TPSA) is 151 Å². The predicted molar refractivity (Wildman–Crippen MR) is 151 cm³/mol. The van der Waals surface area contributed by atoms with E-state index >= 15 is 0 Å². The first kappa shape index (κ1) is 28.1. The molecule has 1 saturated carbocycles. The van der Waals surface area contributed by atoms with Gasteiger partial charge in [0.25, 0.3) is 5.92 Å². The van der Waals surface area contributed by atoms with Crippen molar-refractivity contribution in [3.8, 4) is 0 Å². The van der Waals surface area contributed by atoms with Crippen LogP contribution in [0.3, 0.4) is 0 Å². The number of nitrogens with one attached hydrogen (secondary N) is 2. The Morgan fingerprint density at radius 3 is 2.58 bits per heavy atom. The molecule has 0 bridgehead atoms. The number of urea groups is 1. The zero-order valence-corrected chi connectivity index (χ0v) is 23.7. The molecule has 6 rings (SSSR count). The molecule has 2 aliphatic rings. The SMILES string of the molecule is Cc1ccnc(C2CC2C(=O)Nc2cc(N[C@H](C)c3cn4cc(C(C)(F)F)cc(N5CC(=O)N(C)C5=O)c4n3)ncn2)n1. The number of aryl methyl sites for hydroxylation is 1. The van der Waals surface area contributed by atoms with Gasteiger partial charge in [0.2, 0.25) is 11.8 Å². The molecule has 0 spiro atoms. The maximum absolute atomic E-state index is 14.4. The molecule has 1 aliphatic heterocycles. The van der Waals surface area contributed by atoms with E-state index in [2.05, 4.69) is 35.6 Å². The van der Waals surface area contributed by atoms with Gasteiger partial charge in [-0.25, -0.2) is 38.5 Å². The summed E-state index contributed by atoms with van der Waals surface area (Å²) in [6.45, 7) is 4.15. The predicted octanol–water partition coefficient (Wildman–Crippen LogP) is 3.65. The molecule has 15 heteroatoms. The molecule has 0 aromatic carbocycles. The molecule has 1 saturated heterocycles. The van der Waals surface area contributed by atoms with Gasteiger partial charge in [-0.15, -0.1) is 0 Å². The molecular formula is C28H28F2N10O3. The second-order valence-electron chi connectivity index (χ2n) is 10.9. The van der Waals surface area contributed by atoms with Crippen LogP contribution >= 0.6 is 0 Å². The summed E-state index contributed by atoms with van der Waals surface area (Å²) < 4.78 is 30.2. The van der Waals surface area contributed by atoms with Gasteiger partial charge >= 0.3 is 6.03 Å². The fourth-order valence-corrected chi connectivity index (χ4v) is 4.97. The standard InChI is InChI=1S/C28H28F2N10O3/c1-14-5-6-31-24(34-14)17-8-18(17)26(42)37-22-9-21(32-13-33-22)35-15(2)19-11-39-10-16(28(3,29)30)7-20(25(39)36-19)40-12-23(41)38(4)27(40)43/h5-7,9-11,13,15,17-18H,8,12H2,1-4H3,(H2,32,33,35,37,42)/t15-,17?,18?/m1/s1. The van der Waals surface area contributed by atoms with E-state index in [9.17, 15) is 23.2 Å². The van der Waals surface area contributed by atoms with Crippen molar-refractivity contribution < 1.29 is 23.2 Å². The van der Waals surface area contributed by atoms with Gasteiger partial charge in [0, 0.05) is 61.7 Å². The van der Waals surface area contributed by atoms with Crippen LogP contribution in [0.2, 0.25) is 0 Å². The lowest BCUT2D eigenvalue weighted by atomic mass is 10.1. The van der Waals surface area contributed by atoms with E-state index in [4.69, 9.17) is 0 Å². The second kappa shape index (κ2) is 10.3. The summed E-state index contributed by atoms with van der Waals surface area (Å²) in [5.74, 6) is -2.79. The van der Waals surface area contributed by atoms with E-state index in [0.717, 1.165) is 22.4 Å². The number of alkyl halides is 2. The number of hydrogen-bond donors (Lipinski definition) is 2. The lowest BCUT2D eigenvalue weighted by molar-refractivity contribution is -0.124. The number of amides is 4. The first-order chi connectivity index (χ1) is 20.4. The number of rotatable bonds is 8. The molecule has 4 aromatic heterocycles. The first-order valence-electron chi connectivity index (χ1n) is 13.6. The smallest absolute Gasteiger partial charge is 0.331 e. The van der Waals surface area contributed by atoms with Crippen LogP contribution in [-0.2, 0) is 15.5 Å². The molecule has 2 N–H and O–H groups in total. The Morgan fingerprint density at radius 1 is 1.12 bits per heavy atom. The van der Waals surface area contributed by atoms with Gasteiger partial charge in [0.05, 0.1) is 17.4 Å². The minimum atomic E-state index is -3.20. The summed E-state index contributed by atoms with van der Waals surface area (Å²) in [5.41, 5.74) is 1.31. The van der Waals surface area contributed by atoms with E-state index in [1.165, 1.54) is 30.0 Å². The number of carbonyl (C=O) groups is 3. The lowest BCUT2D eigenvalue weighted by Crippen LogP contribution is -2.30. The molecule has 0 radical (unpaired) electrons. The van der Waals surface area contributed by atoms with Gasteiger partial charge < -0.3 is 15.0 Å². The molecule has 5 heterocycles. The summed E-state index contributed by atoms with van der Waals surface area (Å²) in [6, 6.07) is 3.47. The number of imidazole rings is 1. The van der Waals surface area contributed by atoms with Crippen molar-refractivity contribution in [2.45, 2.75) is 45.1 Å². The third-order valence-electron chi connectivity index (χ3n) is 7.53. The van der Waals surface area contributed by atoms with Crippen molar-refractivity contribution in [3.63, 3.8) is 0 Å². The number of imide groups is 1. The Hall–Kier alpha value is -5.08. The molecule has 1 aliphatic carbocycles. The monoisotopic (exact) mass is 590 g/mol. The zero-order valence-electron chi connectivity index (χ0n) is 23.7. The number of fused-ring (bicyclic) bond motifs is 1. The second-order valence-corrected chi connectivity index (χ2v) is 10.9. The van der Waals surface area contributed by atoms with Crippen LogP contribution in [0.25, 0.3) is 5.65 Å². The van der Waals surface area contributed by atoms with E-state index in [1.807, 2.05) is 6.92 Å². The van der Waals surface area contributed by atoms with E-state index in [1.54, 1.807) is 31.5 Å². The number of aromatic nitrogens is 6. The van der Waals surface area contributed by atoms with Crippen molar-refractivity contribution >= 4 is 40.8 Å². The van der Waals surface area contributed by atoms with E-state index < -0.39 is 23.9 Å². The Kier molecular flexibility index (Phi) is 6.74. The molecule has 43 heavy (non-hydrogen) atoms. The van der Waals surface area contributed by atoms with Crippen molar-refractivity contribution in [1.29, 1.82) is 0 Å². The quantitative estimate of drug-likeness (QED) is 0.293. The molecule has 4 amide bonds. The molecule has 222 valence electrons. The van der Waals surface area contributed by atoms with E-state index in [0.29, 0.717) is 29.6 Å². The molecule has 4 aromatic rings. The minimum absolute atomic E-state index is 0.0400. The van der Waals surface area contributed by atoms with Crippen molar-refractivity contribution in [3.05, 3.63) is 65.9 Å². The summed E-state index contributed by atoms with van der Waals surface area (Å²) in [7, 11) is 1.34. The zero-order chi connectivity index (χ0) is 30.6. The van der Waals surface area contributed by atoms with Gasteiger partial charge in [0.1, 0.15) is 30.3 Å². The third-order valence-corrected chi connectivity index (χ3v) is 7.53. The Morgan fingerprint density at radius 2 is 1.88 bits per heavy atom. The van der Waals surface area contributed by atoms with Crippen molar-refractivity contribution in [1.82, 2.24) is 34.2 Å². The van der Waals surface area contributed by atoms with Crippen LogP contribution in [0.1, 0.15) is 55.0 Å². The van der Waals surface area contributed by atoms with Crippen molar-refractivity contribution in [2.75, 3.05) is 29.1 Å². The van der Waals surface area contributed by atoms with Crippen LogP contribution in [0.15, 0.2) is 43.1 Å². The van der Waals surface area contributed by atoms with Crippen LogP contribution in [0.4, 0.5) is 30.9 Å². The summed E-state index contributed by atoms with van der Waals surface area (Å²) >= 11 is 0. The molecule has 13 nitrogen and oxygen atoms in total. The number of nitrogens with zero attached hydrogens (tertiary/aromatic N) is 8. The number of halogens is 2. The third kappa shape index (κ3) is 5.45. The highest BCUT2D eigenvalue weighted by molar-refractivity contribution is 6.13. The number of likely N-dealkylation sites (N-methyl/N-ethyl adjacent to an activating group) is 1. The molecule has 2 unspecified atom stereocenters. The van der Waals surface area contributed by atoms with E-state index in [-0.39, 0.29) is 41.2 Å². The first-order valence-corrected chi connectivity index (χ1v) is 13.6. The largest absolute Gasteiger partial charge is 0.362 e. The minimum Gasteiger partial charge on any atom is -0.362 e. The Bertz CT molecular complexity index is 1770. The number of carbonyl (C=O) groups excluding carboxylic acids is 3. The van der Waals surface area contributed by atoms with Gasteiger partial charge in [-0.05, 0) is 32.4 Å². The summed E-state index contributed by atoms with van der Waals surface area (Å²) in [4.78, 5) is 61.5. The van der Waals surface area contributed by atoms with Gasteiger partial charge in [-0.3, -0.25) is 19.4 Å². The molecule has 3 atom stereocenters. The maximum atomic E-state index is 14.4. The van der Waals surface area contributed by atoms with Gasteiger partial charge in [-0.1, -0.05) is 0 Å². The average molecular weight is 591 g/mol. The van der Waals surface area contributed by atoms with Crippen molar-refractivity contribution in [2.24, 2.45) is 5.92 Å². The highest BCUT2D eigenvalue weighted by atomic mass is 19.3. The lowest BCUT2D eigenvalue weighted by Gasteiger charge is -2.19.